The topological polar surface area (TPSA) is 58.2 Å². The molecule has 20 heavy (non-hydrogen) atoms. The number of anilines is 1. The van der Waals surface area contributed by atoms with Crippen molar-refractivity contribution >= 4 is 29.3 Å². The van der Waals surface area contributed by atoms with Crippen LogP contribution in [-0.2, 0) is 9.59 Å². The predicted molar refractivity (Wildman–Crippen MR) is 80.4 cm³/mol. The first-order valence-corrected chi connectivity index (χ1v) is 7.78. The first-order chi connectivity index (χ1) is 9.54. The highest BCUT2D eigenvalue weighted by Crippen LogP contribution is 2.15. The fourth-order valence-corrected chi connectivity index (χ4v) is 2.05. The number of nitrogens with one attached hydrogen (secondary N) is 2. The van der Waals surface area contributed by atoms with Crippen LogP contribution in [-0.4, -0.2) is 30.4 Å². The number of thioether (sulfide) groups is 1. The van der Waals surface area contributed by atoms with E-state index in [2.05, 4.69) is 10.6 Å². The highest BCUT2D eigenvalue weighted by atomic mass is 32.2. The summed E-state index contributed by atoms with van der Waals surface area (Å²) in [6, 6.07) is 4.04. The molecule has 2 amide bonds. The Balaban J connectivity index is 2.41. The molecule has 0 radical (unpaired) electrons. The van der Waals surface area contributed by atoms with Gasteiger partial charge in [-0.15, -0.1) is 0 Å². The molecule has 0 saturated heterocycles. The molecule has 0 aliphatic carbocycles. The quantitative estimate of drug-likeness (QED) is 0.626. The van der Waals surface area contributed by atoms with Crippen molar-refractivity contribution in [2.24, 2.45) is 0 Å². The van der Waals surface area contributed by atoms with Gasteiger partial charge in [-0.05, 0) is 49.5 Å². The SMILES string of the molecule is CSCCCCNC(=O)C(=O)Nc1cc(F)ccc1C. The van der Waals surface area contributed by atoms with Crippen molar-refractivity contribution < 1.29 is 14.0 Å². The molecular weight excluding hydrogens is 279 g/mol. The van der Waals surface area contributed by atoms with Crippen molar-refractivity contribution in [3.05, 3.63) is 29.6 Å². The van der Waals surface area contributed by atoms with Gasteiger partial charge >= 0.3 is 11.8 Å². The van der Waals surface area contributed by atoms with Gasteiger partial charge in [-0.1, -0.05) is 6.07 Å². The molecule has 6 heteroatoms. The summed E-state index contributed by atoms with van der Waals surface area (Å²) in [5, 5.41) is 4.95. The second-order valence-electron chi connectivity index (χ2n) is 4.37. The minimum Gasteiger partial charge on any atom is -0.348 e. The molecule has 2 N–H and O–H groups in total. The van der Waals surface area contributed by atoms with E-state index in [1.54, 1.807) is 24.8 Å². The van der Waals surface area contributed by atoms with Gasteiger partial charge in [0.15, 0.2) is 0 Å². The van der Waals surface area contributed by atoms with E-state index < -0.39 is 17.6 Å². The fraction of sp³-hybridized carbons (Fsp3) is 0.429. The number of carbonyl (C=O) groups is 2. The van der Waals surface area contributed by atoms with Crippen LogP contribution in [0.25, 0.3) is 0 Å². The summed E-state index contributed by atoms with van der Waals surface area (Å²) in [7, 11) is 0. The Labute approximate surface area is 122 Å². The molecule has 0 bridgehead atoms. The van der Waals surface area contributed by atoms with Crippen LogP contribution >= 0.6 is 11.8 Å². The van der Waals surface area contributed by atoms with E-state index in [-0.39, 0.29) is 0 Å². The summed E-state index contributed by atoms with van der Waals surface area (Å²) in [6.45, 7) is 2.20. The maximum absolute atomic E-state index is 13.1. The van der Waals surface area contributed by atoms with Crippen LogP contribution < -0.4 is 10.6 Å². The van der Waals surface area contributed by atoms with Gasteiger partial charge in [-0.2, -0.15) is 11.8 Å². The summed E-state index contributed by atoms with van der Waals surface area (Å²) in [5.74, 6) is -0.894. The second kappa shape index (κ2) is 8.58. The summed E-state index contributed by atoms with van der Waals surface area (Å²) < 4.78 is 13.1. The average molecular weight is 298 g/mol. The lowest BCUT2D eigenvalue weighted by Crippen LogP contribution is -2.36. The molecule has 0 atom stereocenters. The highest BCUT2D eigenvalue weighted by molar-refractivity contribution is 7.98. The Kier molecular flexibility index (Phi) is 7.08. The van der Waals surface area contributed by atoms with E-state index in [1.807, 2.05) is 6.26 Å². The third kappa shape index (κ3) is 5.61. The standard InChI is InChI=1S/C14H19FN2O2S/c1-10-5-6-11(15)9-12(10)17-14(19)13(18)16-7-3-4-8-20-2/h5-6,9H,3-4,7-8H2,1-2H3,(H,16,18)(H,17,19). The first kappa shape index (κ1) is 16.5. The number of rotatable bonds is 6. The Morgan fingerprint density at radius 2 is 2.00 bits per heavy atom. The van der Waals surface area contributed by atoms with E-state index in [4.69, 9.17) is 0 Å². The number of carbonyl (C=O) groups excluding carboxylic acids is 2. The molecule has 0 spiro atoms. The van der Waals surface area contributed by atoms with Gasteiger partial charge in [0.1, 0.15) is 5.82 Å². The Bertz CT molecular complexity index is 480. The lowest BCUT2D eigenvalue weighted by Gasteiger charge is -2.08. The van der Waals surface area contributed by atoms with Crippen LogP contribution in [0.1, 0.15) is 18.4 Å². The molecular formula is C14H19FN2O2S. The van der Waals surface area contributed by atoms with Crippen LogP contribution in [0.15, 0.2) is 18.2 Å². The monoisotopic (exact) mass is 298 g/mol. The van der Waals surface area contributed by atoms with Gasteiger partial charge in [0.2, 0.25) is 0 Å². The van der Waals surface area contributed by atoms with Crippen LogP contribution in [0.5, 0.6) is 0 Å². The summed E-state index contributed by atoms with van der Waals surface area (Å²) in [5.41, 5.74) is 1.01. The van der Waals surface area contributed by atoms with Gasteiger partial charge in [-0.3, -0.25) is 9.59 Å². The zero-order chi connectivity index (χ0) is 15.0. The molecule has 0 aliphatic heterocycles. The summed E-state index contributed by atoms with van der Waals surface area (Å²) in [4.78, 5) is 23.2. The van der Waals surface area contributed by atoms with E-state index in [0.29, 0.717) is 17.8 Å². The summed E-state index contributed by atoms with van der Waals surface area (Å²) in [6.07, 6.45) is 3.85. The number of aryl methyl sites for hydroxylation is 1. The van der Waals surface area contributed by atoms with E-state index in [9.17, 15) is 14.0 Å². The number of amides is 2. The third-order valence-corrected chi connectivity index (χ3v) is 3.41. The van der Waals surface area contributed by atoms with Gasteiger partial charge in [-0.25, -0.2) is 4.39 Å². The minimum absolute atomic E-state index is 0.313. The van der Waals surface area contributed by atoms with E-state index in [1.165, 1.54) is 12.1 Å². The normalized spacial score (nSPS) is 10.2. The van der Waals surface area contributed by atoms with Crippen LogP contribution in [0.4, 0.5) is 10.1 Å². The molecule has 0 unspecified atom stereocenters. The lowest BCUT2D eigenvalue weighted by molar-refractivity contribution is -0.136. The van der Waals surface area contributed by atoms with Crippen molar-refractivity contribution in [1.29, 1.82) is 0 Å². The minimum atomic E-state index is -0.774. The molecule has 110 valence electrons. The molecule has 1 rings (SSSR count). The largest absolute Gasteiger partial charge is 0.348 e. The molecule has 0 aromatic heterocycles. The highest BCUT2D eigenvalue weighted by Gasteiger charge is 2.14. The number of benzene rings is 1. The van der Waals surface area contributed by atoms with E-state index in [0.717, 1.165) is 18.6 Å². The average Bonchev–Trinajstić information content (AvgIpc) is 2.42. The Hall–Kier alpha value is -1.56. The zero-order valence-corrected chi connectivity index (χ0v) is 12.5. The molecule has 0 saturated carbocycles. The van der Waals surface area contributed by atoms with Crippen molar-refractivity contribution in [2.45, 2.75) is 19.8 Å². The number of hydrogen-bond acceptors (Lipinski definition) is 3. The van der Waals surface area contributed by atoms with Gasteiger partial charge < -0.3 is 10.6 Å². The van der Waals surface area contributed by atoms with Gasteiger partial charge in [0.05, 0.1) is 0 Å². The first-order valence-electron chi connectivity index (χ1n) is 6.39. The van der Waals surface area contributed by atoms with Crippen LogP contribution in [0, 0.1) is 12.7 Å². The zero-order valence-electron chi connectivity index (χ0n) is 11.7. The third-order valence-electron chi connectivity index (χ3n) is 2.71. The molecule has 4 nitrogen and oxygen atoms in total. The fourth-order valence-electron chi connectivity index (χ4n) is 1.56. The van der Waals surface area contributed by atoms with Crippen LogP contribution in [0.2, 0.25) is 0 Å². The van der Waals surface area contributed by atoms with Crippen molar-refractivity contribution in [2.75, 3.05) is 23.9 Å². The second-order valence-corrected chi connectivity index (χ2v) is 5.35. The maximum atomic E-state index is 13.1. The molecule has 0 fully saturated rings. The van der Waals surface area contributed by atoms with Crippen LogP contribution in [0.3, 0.4) is 0 Å². The number of hydrogen-bond donors (Lipinski definition) is 2. The molecule has 1 aromatic rings. The molecule has 0 aliphatic rings. The Morgan fingerprint density at radius 1 is 1.25 bits per heavy atom. The van der Waals surface area contributed by atoms with Crippen molar-refractivity contribution in [1.82, 2.24) is 5.32 Å². The van der Waals surface area contributed by atoms with Gasteiger partial charge in [0.25, 0.3) is 0 Å². The van der Waals surface area contributed by atoms with E-state index >= 15 is 0 Å². The summed E-state index contributed by atoms with van der Waals surface area (Å²) >= 11 is 1.74. The smallest absolute Gasteiger partial charge is 0.313 e. The number of halogens is 1. The van der Waals surface area contributed by atoms with Crippen molar-refractivity contribution in [3.8, 4) is 0 Å². The molecule has 1 aromatic carbocycles. The predicted octanol–water partition coefficient (Wildman–Crippen LogP) is 2.33. The number of unbranched alkanes of at least 4 members (excludes halogenated alkanes) is 1. The Morgan fingerprint density at radius 3 is 2.70 bits per heavy atom. The van der Waals surface area contributed by atoms with Gasteiger partial charge in [0, 0.05) is 12.2 Å². The molecule has 0 heterocycles. The van der Waals surface area contributed by atoms with Crippen molar-refractivity contribution in [3.63, 3.8) is 0 Å². The maximum Gasteiger partial charge on any atom is 0.313 e. The lowest BCUT2D eigenvalue weighted by atomic mass is 10.2.